The van der Waals surface area contributed by atoms with E-state index in [4.69, 9.17) is 15.3 Å². The number of nitrogens with two attached hydrogens (primary N) is 1. The number of aromatic amines is 1. The van der Waals surface area contributed by atoms with Gasteiger partial charge in [-0.3, -0.25) is 9.63 Å². The highest BCUT2D eigenvalue weighted by Crippen LogP contribution is 2.18. The normalized spacial score (nSPS) is 12.5. The summed E-state index contributed by atoms with van der Waals surface area (Å²) >= 11 is 0. The number of hydroxylamine groups is 1. The van der Waals surface area contributed by atoms with Gasteiger partial charge in [0.2, 0.25) is 0 Å². The largest absolute Gasteiger partial charge is 0.382 e. The molecule has 1 amide bonds. The Hall–Kier alpha value is -1.89. The monoisotopic (exact) mass is 277 g/mol. The van der Waals surface area contributed by atoms with Gasteiger partial charge in [-0.2, -0.15) is 0 Å². The predicted molar refractivity (Wildman–Crippen MR) is 75.9 cm³/mol. The van der Waals surface area contributed by atoms with Gasteiger partial charge in [0.25, 0.3) is 5.91 Å². The van der Waals surface area contributed by atoms with E-state index >= 15 is 0 Å². The molecule has 0 aliphatic heterocycles. The van der Waals surface area contributed by atoms with Crippen LogP contribution in [0.25, 0.3) is 10.9 Å². The second kappa shape index (κ2) is 7.04. The molecule has 0 bridgehead atoms. The quantitative estimate of drug-likeness (QED) is 0.514. The van der Waals surface area contributed by atoms with E-state index < -0.39 is 6.04 Å². The summed E-state index contributed by atoms with van der Waals surface area (Å²) in [4.78, 5) is 19.9. The summed E-state index contributed by atoms with van der Waals surface area (Å²) in [7, 11) is 1.56. The second-order valence-electron chi connectivity index (χ2n) is 4.48. The summed E-state index contributed by atoms with van der Waals surface area (Å²) in [6, 6.07) is 7.24. The number of rotatable bonds is 7. The van der Waals surface area contributed by atoms with Crippen molar-refractivity contribution in [3.63, 3.8) is 0 Å². The maximum Gasteiger partial charge on any atom is 0.260 e. The molecule has 1 atom stereocenters. The number of ether oxygens (including phenoxy) is 1. The Morgan fingerprint density at radius 1 is 1.40 bits per heavy atom. The minimum atomic E-state index is -0.656. The molecule has 108 valence electrons. The lowest BCUT2D eigenvalue weighted by molar-refractivity contribution is -0.135. The van der Waals surface area contributed by atoms with Crippen molar-refractivity contribution >= 4 is 16.8 Å². The lowest BCUT2D eigenvalue weighted by atomic mass is 10.1. The highest BCUT2D eigenvalue weighted by Gasteiger charge is 2.16. The molecule has 0 unspecified atom stereocenters. The first-order chi connectivity index (χ1) is 9.72. The van der Waals surface area contributed by atoms with Crippen LogP contribution in [0.15, 0.2) is 30.5 Å². The van der Waals surface area contributed by atoms with Crippen LogP contribution in [-0.2, 0) is 20.8 Å². The first-order valence-corrected chi connectivity index (χ1v) is 6.43. The molecule has 6 nitrogen and oxygen atoms in total. The van der Waals surface area contributed by atoms with Gasteiger partial charge in [0.1, 0.15) is 0 Å². The summed E-state index contributed by atoms with van der Waals surface area (Å²) in [5, 5.41) is 1.08. The average molecular weight is 277 g/mol. The van der Waals surface area contributed by atoms with E-state index in [0.29, 0.717) is 19.6 Å². The van der Waals surface area contributed by atoms with Crippen LogP contribution in [0.4, 0.5) is 0 Å². The highest BCUT2D eigenvalue weighted by molar-refractivity contribution is 5.85. The number of carbonyl (C=O) groups excluding carboxylic acids is 1. The van der Waals surface area contributed by atoms with E-state index in [1.807, 2.05) is 30.5 Å². The van der Waals surface area contributed by atoms with Crippen molar-refractivity contribution in [2.45, 2.75) is 12.5 Å². The van der Waals surface area contributed by atoms with Crippen LogP contribution in [-0.4, -0.2) is 37.3 Å². The summed E-state index contributed by atoms with van der Waals surface area (Å²) in [5.41, 5.74) is 10.2. The molecule has 0 radical (unpaired) electrons. The van der Waals surface area contributed by atoms with Crippen LogP contribution in [0.1, 0.15) is 5.56 Å². The Labute approximate surface area is 117 Å². The van der Waals surface area contributed by atoms with Crippen LogP contribution in [0, 0.1) is 0 Å². The minimum absolute atomic E-state index is 0.294. The summed E-state index contributed by atoms with van der Waals surface area (Å²) in [6.45, 7) is 0.708. The number of fused-ring (bicyclic) bond motifs is 1. The molecule has 0 aliphatic rings. The third-order valence-corrected chi connectivity index (χ3v) is 3.01. The van der Waals surface area contributed by atoms with Crippen LogP contribution in [0.2, 0.25) is 0 Å². The Bertz CT molecular complexity index is 568. The molecule has 0 fully saturated rings. The molecule has 0 spiro atoms. The molecule has 6 heteroatoms. The zero-order valence-corrected chi connectivity index (χ0v) is 11.4. The van der Waals surface area contributed by atoms with Gasteiger partial charge in [-0.1, -0.05) is 18.2 Å². The van der Waals surface area contributed by atoms with Crippen molar-refractivity contribution in [1.82, 2.24) is 10.5 Å². The van der Waals surface area contributed by atoms with Crippen molar-refractivity contribution < 1.29 is 14.4 Å². The van der Waals surface area contributed by atoms with Gasteiger partial charge < -0.3 is 15.5 Å². The van der Waals surface area contributed by atoms with Crippen molar-refractivity contribution in [3.05, 3.63) is 36.0 Å². The lowest BCUT2D eigenvalue weighted by Crippen LogP contribution is -2.42. The Balaban J connectivity index is 1.90. The molecule has 20 heavy (non-hydrogen) atoms. The number of benzene rings is 1. The maximum atomic E-state index is 11.8. The van der Waals surface area contributed by atoms with Crippen LogP contribution in [0.5, 0.6) is 0 Å². The van der Waals surface area contributed by atoms with Gasteiger partial charge in [-0.05, 0) is 18.1 Å². The average Bonchev–Trinajstić information content (AvgIpc) is 2.87. The first-order valence-electron chi connectivity index (χ1n) is 6.43. The first kappa shape index (κ1) is 14.5. The highest BCUT2D eigenvalue weighted by atomic mass is 16.7. The van der Waals surface area contributed by atoms with E-state index in [1.54, 1.807) is 7.11 Å². The van der Waals surface area contributed by atoms with E-state index in [1.165, 1.54) is 0 Å². The minimum Gasteiger partial charge on any atom is -0.382 e. The number of hydrogen-bond acceptors (Lipinski definition) is 4. The maximum absolute atomic E-state index is 11.8. The topological polar surface area (TPSA) is 89.4 Å². The van der Waals surface area contributed by atoms with Gasteiger partial charge in [0, 0.05) is 24.2 Å². The molecule has 2 rings (SSSR count). The Morgan fingerprint density at radius 3 is 3.00 bits per heavy atom. The fourth-order valence-electron chi connectivity index (χ4n) is 1.95. The second-order valence-corrected chi connectivity index (χ2v) is 4.48. The number of aromatic nitrogens is 1. The van der Waals surface area contributed by atoms with Gasteiger partial charge >= 0.3 is 0 Å². The number of carbonyl (C=O) groups is 1. The van der Waals surface area contributed by atoms with E-state index in [9.17, 15) is 4.79 Å². The van der Waals surface area contributed by atoms with Crippen molar-refractivity contribution in [2.24, 2.45) is 5.73 Å². The number of nitrogens with one attached hydrogen (secondary N) is 2. The molecule has 0 saturated heterocycles. The number of para-hydroxylation sites is 1. The van der Waals surface area contributed by atoms with Crippen molar-refractivity contribution in [1.29, 1.82) is 0 Å². The van der Waals surface area contributed by atoms with Gasteiger partial charge in [0.05, 0.1) is 19.3 Å². The van der Waals surface area contributed by atoms with E-state index in [2.05, 4.69) is 10.5 Å². The SMILES string of the molecule is COCCONC(=O)[C@@H](N)Cc1c[nH]c2ccccc12. The Kier molecular flexibility index (Phi) is 5.11. The fourth-order valence-corrected chi connectivity index (χ4v) is 1.95. The van der Waals surface area contributed by atoms with E-state index in [0.717, 1.165) is 16.5 Å². The molecule has 1 aromatic carbocycles. The lowest BCUT2D eigenvalue weighted by Gasteiger charge is -2.11. The predicted octanol–water partition coefficient (Wildman–Crippen LogP) is 0.732. The zero-order valence-electron chi connectivity index (χ0n) is 11.4. The van der Waals surface area contributed by atoms with Crippen LogP contribution < -0.4 is 11.2 Å². The summed E-state index contributed by atoms with van der Waals surface area (Å²) in [6.07, 6.45) is 2.33. The smallest absolute Gasteiger partial charge is 0.260 e. The number of H-pyrrole nitrogens is 1. The number of hydrogen-bond donors (Lipinski definition) is 3. The Morgan fingerprint density at radius 2 is 2.20 bits per heavy atom. The van der Waals surface area contributed by atoms with Crippen molar-refractivity contribution in [2.75, 3.05) is 20.3 Å². The molecule has 0 saturated carbocycles. The summed E-state index contributed by atoms with van der Waals surface area (Å²) < 4.78 is 4.81. The third-order valence-electron chi connectivity index (χ3n) is 3.01. The van der Waals surface area contributed by atoms with Crippen LogP contribution >= 0.6 is 0 Å². The molecule has 1 aromatic heterocycles. The molecule has 2 aromatic rings. The van der Waals surface area contributed by atoms with Gasteiger partial charge in [0.15, 0.2) is 0 Å². The van der Waals surface area contributed by atoms with Gasteiger partial charge in [-0.25, -0.2) is 5.48 Å². The molecule has 1 heterocycles. The third kappa shape index (κ3) is 3.57. The van der Waals surface area contributed by atoms with E-state index in [-0.39, 0.29) is 5.91 Å². The zero-order chi connectivity index (χ0) is 14.4. The molecular formula is C14H19N3O3. The molecular weight excluding hydrogens is 258 g/mol. The summed E-state index contributed by atoms with van der Waals surface area (Å²) in [5.74, 6) is -0.341. The molecule has 0 aliphatic carbocycles. The standard InChI is InChI=1S/C14H19N3O3/c1-19-6-7-20-17-14(18)12(15)8-10-9-16-13-5-3-2-4-11(10)13/h2-5,9,12,16H,6-8,15H2,1H3,(H,17,18)/t12-/m0/s1. The fraction of sp³-hybridized carbons (Fsp3) is 0.357. The van der Waals surface area contributed by atoms with Crippen LogP contribution in [0.3, 0.4) is 0 Å². The molecule has 4 N–H and O–H groups in total. The van der Waals surface area contributed by atoms with Crippen molar-refractivity contribution in [3.8, 4) is 0 Å². The number of methoxy groups -OCH3 is 1. The number of amides is 1. The van der Waals surface area contributed by atoms with Gasteiger partial charge in [-0.15, -0.1) is 0 Å².